The van der Waals surface area contributed by atoms with E-state index in [-0.39, 0.29) is 18.5 Å². The summed E-state index contributed by atoms with van der Waals surface area (Å²) in [6.45, 7) is 7.11. The Hall–Kier alpha value is -1.26. The summed E-state index contributed by atoms with van der Waals surface area (Å²) < 4.78 is 0. The van der Waals surface area contributed by atoms with E-state index in [4.69, 9.17) is 5.11 Å². The number of carboxylic acid groups (broad SMARTS) is 1. The molecule has 5 heteroatoms. The number of aliphatic carboxylic acids is 1. The van der Waals surface area contributed by atoms with Crippen molar-refractivity contribution in [2.24, 2.45) is 11.8 Å². The summed E-state index contributed by atoms with van der Waals surface area (Å²) in [5.41, 5.74) is 0. The lowest BCUT2D eigenvalue weighted by Crippen LogP contribution is -2.47. The lowest BCUT2D eigenvalue weighted by atomic mass is 9.98. The van der Waals surface area contributed by atoms with Gasteiger partial charge in [-0.1, -0.05) is 19.8 Å². The molecule has 3 atom stereocenters. The first kappa shape index (κ1) is 15.8. The first-order valence-corrected chi connectivity index (χ1v) is 7.22. The minimum atomic E-state index is -0.872. The van der Waals surface area contributed by atoms with Gasteiger partial charge in [-0.25, -0.2) is 4.79 Å². The number of carbonyl (C=O) groups is 2. The molecule has 0 aromatic carbocycles. The van der Waals surface area contributed by atoms with Crippen LogP contribution in [0.4, 0.5) is 4.79 Å². The molecule has 0 heterocycles. The molecule has 1 aliphatic rings. The van der Waals surface area contributed by atoms with E-state index in [1.165, 1.54) is 19.3 Å². The number of nitrogens with one attached hydrogen (secondary N) is 1. The molecular formula is C14H26N2O3. The Morgan fingerprint density at radius 2 is 2.11 bits per heavy atom. The maximum atomic E-state index is 12.1. The molecular weight excluding hydrogens is 244 g/mol. The Labute approximate surface area is 115 Å². The summed E-state index contributed by atoms with van der Waals surface area (Å²) >= 11 is 0. The molecule has 1 rings (SSSR count). The second-order valence-corrected chi connectivity index (χ2v) is 5.59. The Balaban J connectivity index is 2.42. The van der Waals surface area contributed by atoms with Crippen molar-refractivity contribution in [3.8, 4) is 0 Å². The minimum Gasteiger partial charge on any atom is -0.481 e. The van der Waals surface area contributed by atoms with Gasteiger partial charge < -0.3 is 15.3 Å². The van der Waals surface area contributed by atoms with Gasteiger partial charge in [0.15, 0.2) is 0 Å². The smallest absolute Gasteiger partial charge is 0.317 e. The Morgan fingerprint density at radius 1 is 1.42 bits per heavy atom. The van der Waals surface area contributed by atoms with Crippen molar-refractivity contribution in [2.75, 3.05) is 13.1 Å². The van der Waals surface area contributed by atoms with Crippen molar-refractivity contribution in [1.29, 1.82) is 0 Å². The van der Waals surface area contributed by atoms with Gasteiger partial charge in [-0.05, 0) is 32.1 Å². The number of hydrogen-bond acceptors (Lipinski definition) is 2. The topological polar surface area (TPSA) is 69.6 Å². The van der Waals surface area contributed by atoms with Crippen LogP contribution in [0.5, 0.6) is 0 Å². The molecule has 1 saturated carbocycles. The van der Waals surface area contributed by atoms with Gasteiger partial charge in [0.25, 0.3) is 0 Å². The van der Waals surface area contributed by atoms with Crippen LogP contribution in [0, 0.1) is 11.8 Å². The zero-order chi connectivity index (χ0) is 14.4. The van der Waals surface area contributed by atoms with Crippen molar-refractivity contribution in [3.05, 3.63) is 0 Å². The Morgan fingerprint density at radius 3 is 2.58 bits per heavy atom. The van der Waals surface area contributed by atoms with Crippen LogP contribution in [0.3, 0.4) is 0 Å². The molecule has 0 saturated heterocycles. The van der Waals surface area contributed by atoms with E-state index < -0.39 is 5.97 Å². The predicted molar refractivity (Wildman–Crippen MR) is 74.0 cm³/mol. The molecule has 0 aromatic rings. The van der Waals surface area contributed by atoms with Crippen LogP contribution in [0.15, 0.2) is 0 Å². The summed E-state index contributed by atoms with van der Waals surface area (Å²) in [5.74, 6) is 0.368. The number of carboxylic acids is 1. The monoisotopic (exact) mass is 270 g/mol. The van der Waals surface area contributed by atoms with Gasteiger partial charge in [0.1, 0.15) is 0 Å². The maximum Gasteiger partial charge on any atom is 0.317 e. The largest absolute Gasteiger partial charge is 0.481 e. The van der Waals surface area contributed by atoms with Crippen molar-refractivity contribution in [2.45, 2.75) is 52.5 Å². The van der Waals surface area contributed by atoms with E-state index in [9.17, 15) is 9.59 Å². The van der Waals surface area contributed by atoms with E-state index in [0.29, 0.717) is 24.9 Å². The normalized spacial score (nSPS) is 23.9. The zero-order valence-corrected chi connectivity index (χ0v) is 12.2. The minimum absolute atomic E-state index is 0.0128. The quantitative estimate of drug-likeness (QED) is 0.778. The highest BCUT2D eigenvalue weighted by Gasteiger charge is 2.25. The van der Waals surface area contributed by atoms with Crippen LogP contribution in [-0.4, -0.2) is 41.1 Å². The van der Waals surface area contributed by atoms with E-state index in [2.05, 4.69) is 12.2 Å². The van der Waals surface area contributed by atoms with Gasteiger partial charge >= 0.3 is 12.0 Å². The number of amides is 2. The van der Waals surface area contributed by atoms with Crippen LogP contribution >= 0.6 is 0 Å². The fourth-order valence-corrected chi connectivity index (χ4v) is 2.86. The molecule has 0 aromatic heterocycles. The van der Waals surface area contributed by atoms with Crippen molar-refractivity contribution < 1.29 is 14.7 Å². The first-order valence-electron chi connectivity index (χ1n) is 7.22. The Bertz CT molecular complexity index is 320. The lowest BCUT2D eigenvalue weighted by Gasteiger charge is -2.28. The first-order chi connectivity index (χ1) is 8.95. The third-order valence-electron chi connectivity index (χ3n) is 4.16. The van der Waals surface area contributed by atoms with Crippen LogP contribution in [0.2, 0.25) is 0 Å². The molecule has 0 spiro atoms. The van der Waals surface area contributed by atoms with E-state index in [1.807, 2.05) is 6.92 Å². The molecule has 1 aliphatic carbocycles. The maximum absolute atomic E-state index is 12.1. The second-order valence-electron chi connectivity index (χ2n) is 5.59. The van der Waals surface area contributed by atoms with Gasteiger partial charge in [-0.15, -0.1) is 0 Å². The van der Waals surface area contributed by atoms with E-state index >= 15 is 0 Å². The molecule has 1 fully saturated rings. The molecule has 5 nitrogen and oxygen atoms in total. The number of hydrogen-bond donors (Lipinski definition) is 2. The van der Waals surface area contributed by atoms with Crippen LogP contribution < -0.4 is 5.32 Å². The third kappa shape index (κ3) is 4.73. The third-order valence-corrected chi connectivity index (χ3v) is 4.16. The lowest BCUT2D eigenvalue weighted by molar-refractivity contribution is -0.138. The number of urea groups is 1. The van der Waals surface area contributed by atoms with Crippen LogP contribution in [-0.2, 0) is 4.79 Å². The fraction of sp³-hybridized carbons (Fsp3) is 0.857. The second kappa shape index (κ2) is 7.36. The highest BCUT2D eigenvalue weighted by Crippen LogP contribution is 2.30. The molecule has 2 amide bonds. The van der Waals surface area contributed by atoms with Crippen molar-refractivity contribution >= 4 is 12.0 Å². The van der Waals surface area contributed by atoms with Crippen molar-refractivity contribution in [1.82, 2.24) is 10.2 Å². The molecule has 3 unspecified atom stereocenters. The number of carbonyl (C=O) groups excluding carboxylic acids is 1. The summed E-state index contributed by atoms with van der Waals surface area (Å²) in [7, 11) is 0. The molecule has 2 N–H and O–H groups in total. The van der Waals surface area contributed by atoms with E-state index in [0.717, 1.165) is 0 Å². The summed E-state index contributed by atoms with van der Waals surface area (Å²) in [5, 5.41) is 11.7. The average Bonchev–Trinajstić information content (AvgIpc) is 2.72. The summed E-state index contributed by atoms with van der Waals surface area (Å²) in [6.07, 6.45) is 3.65. The van der Waals surface area contributed by atoms with Gasteiger partial charge in [-0.2, -0.15) is 0 Å². The highest BCUT2D eigenvalue weighted by molar-refractivity contribution is 5.75. The average molecular weight is 270 g/mol. The zero-order valence-electron chi connectivity index (χ0n) is 12.2. The molecule has 110 valence electrons. The number of nitrogens with zero attached hydrogens (tertiary/aromatic N) is 1. The van der Waals surface area contributed by atoms with E-state index in [1.54, 1.807) is 11.8 Å². The van der Waals surface area contributed by atoms with Crippen LogP contribution in [0.25, 0.3) is 0 Å². The highest BCUT2D eigenvalue weighted by atomic mass is 16.4. The molecule has 19 heavy (non-hydrogen) atoms. The van der Waals surface area contributed by atoms with Crippen molar-refractivity contribution in [3.63, 3.8) is 0 Å². The summed E-state index contributed by atoms with van der Waals surface area (Å²) in [4.78, 5) is 24.4. The van der Waals surface area contributed by atoms with Gasteiger partial charge in [0, 0.05) is 19.1 Å². The molecule has 0 bridgehead atoms. The Kier molecular flexibility index (Phi) is 6.12. The molecule has 0 aliphatic heterocycles. The number of rotatable bonds is 6. The SMILES string of the molecule is CCN(C(=O)NCC1CCCC1C)C(C)CC(=O)O. The summed E-state index contributed by atoms with van der Waals surface area (Å²) in [6, 6.07) is -0.418. The van der Waals surface area contributed by atoms with Gasteiger partial charge in [-0.3, -0.25) is 4.79 Å². The molecule has 0 radical (unpaired) electrons. The van der Waals surface area contributed by atoms with Gasteiger partial charge in [0.2, 0.25) is 0 Å². The van der Waals surface area contributed by atoms with Gasteiger partial charge in [0.05, 0.1) is 6.42 Å². The predicted octanol–water partition coefficient (Wildman–Crippen LogP) is 2.32. The standard InChI is InChI=1S/C14H26N2O3/c1-4-16(11(3)8-13(17)18)14(19)15-9-12-7-5-6-10(12)2/h10-12H,4-9H2,1-3H3,(H,15,19)(H,17,18). The van der Waals surface area contributed by atoms with Crippen LogP contribution in [0.1, 0.15) is 46.5 Å². The fourth-order valence-electron chi connectivity index (χ4n) is 2.86.